The van der Waals surface area contributed by atoms with Crippen molar-refractivity contribution in [1.29, 1.82) is 0 Å². The molecule has 0 saturated heterocycles. The molecule has 13 rings (SSSR count). The van der Waals surface area contributed by atoms with Gasteiger partial charge in [0.2, 0.25) is 0 Å². The molecule has 4 N–H and O–H groups in total. The number of methoxy groups -OCH3 is 4. The van der Waals surface area contributed by atoms with Crippen LogP contribution in [0.1, 0.15) is 22.3 Å². The Morgan fingerprint density at radius 3 is 0.500 bits per heavy atom. The van der Waals surface area contributed by atoms with E-state index in [-0.39, 0.29) is 26.4 Å². The van der Waals surface area contributed by atoms with Crippen LogP contribution in [0, 0.1) is 0 Å². The summed E-state index contributed by atoms with van der Waals surface area (Å²) in [6.07, 6.45) is 0. The Labute approximate surface area is 536 Å². The molecule has 12 aromatic carbocycles. The highest BCUT2D eigenvalue weighted by Gasteiger charge is 2.29. The molecule has 1 aliphatic carbocycles. The molecule has 12 heteroatoms. The monoisotopic (exact) mass is 1210 g/mol. The van der Waals surface area contributed by atoms with Gasteiger partial charge in [0.1, 0.15) is 23.0 Å². The van der Waals surface area contributed by atoms with Crippen LogP contribution in [-0.4, -0.2) is 48.9 Å². The second kappa shape index (κ2) is 26.5. The lowest BCUT2D eigenvalue weighted by Crippen LogP contribution is -2.13. The average Bonchev–Trinajstić information content (AvgIpc) is 0.736. The first-order chi connectivity index (χ1) is 45.2. The molecule has 0 unspecified atom stereocenters. The molecule has 0 heterocycles. The summed E-state index contributed by atoms with van der Waals surface area (Å²) >= 11 is 0. The first-order valence-corrected chi connectivity index (χ1v) is 30.3. The highest BCUT2D eigenvalue weighted by molar-refractivity contribution is 6.07. The zero-order valence-corrected chi connectivity index (χ0v) is 51.4. The summed E-state index contributed by atoms with van der Waals surface area (Å²) in [7, 11) is 6.69. The SMILES string of the molecule is COc1ccc(N(c2ccc(OC)cc2)c2ccc3c(c2)-c2cc(N(c4ccc(CO)cc4)c4ccc(CO)cc4)ccc2-c2ccc(N(c4ccc(OC)cc4)c4ccc(OC)cc4)cc2-c2cc(N(c4ccc(CO)cc4)c4ccc(CO)cc4)ccc2-3)cc1. The van der Waals surface area contributed by atoms with E-state index in [1.54, 1.807) is 28.4 Å². The maximum Gasteiger partial charge on any atom is 0.119 e. The van der Waals surface area contributed by atoms with E-state index in [9.17, 15) is 20.4 Å². The second-order valence-electron chi connectivity index (χ2n) is 22.4. The molecular weight excluding hydrogens is 1140 g/mol. The fourth-order valence-electron chi connectivity index (χ4n) is 12.2. The van der Waals surface area contributed by atoms with Crippen molar-refractivity contribution in [2.45, 2.75) is 26.4 Å². The average molecular weight is 1210 g/mol. The number of hydrogen-bond donors (Lipinski definition) is 4. The van der Waals surface area contributed by atoms with Crippen LogP contribution in [0.4, 0.5) is 68.2 Å². The molecule has 456 valence electrons. The van der Waals surface area contributed by atoms with Gasteiger partial charge in [0.05, 0.1) is 54.9 Å². The lowest BCUT2D eigenvalue weighted by atomic mass is 9.80. The van der Waals surface area contributed by atoms with Crippen molar-refractivity contribution < 1.29 is 39.4 Å². The summed E-state index contributed by atoms with van der Waals surface area (Å²) in [5.41, 5.74) is 21.7. The minimum atomic E-state index is -0.0942. The van der Waals surface area contributed by atoms with E-state index in [0.717, 1.165) is 158 Å². The number of fused-ring (bicyclic) bond motifs is 8. The van der Waals surface area contributed by atoms with Crippen molar-refractivity contribution in [1.82, 2.24) is 0 Å². The second-order valence-corrected chi connectivity index (χ2v) is 22.4. The van der Waals surface area contributed by atoms with Gasteiger partial charge in [0, 0.05) is 68.2 Å². The van der Waals surface area contributed by atoms with Crippen LogP contribution in [0.25, 0.3) is 44.5 Å². The lowest BCUT2D eigenvalue weighted by molar-refractivity contribution is 0.281. The van der Waals surface area contributed by atoms with Crippen LogP contribution >= 0.6 is 0 Å². The Hall–Kier alpha value is -11.1. The van der Waals surface area contributed by atoms with Gasteiger partial charge in [-0.1, -0.05) is 72.8 Å². The maximum atomic E-state index is 10.2. The predicted octanol–water partition coefficient (Wildman–Crippen LogP) is 18.6. The fourth-order valence-corrected chi connectivity index (χ4v) is 12.2. The lowest BCUT2D eigenvalue weighted by Gasteiger charge is -2.32. The van der Waals surface area contributed by atoms with Gasteiger partial charge in [0.15, 0.2) is 0 Å². The molecule has 0 fully saturated rings. The van der Waals surface area contributed by atoms with Crippen LogP contribution in [0.15, 0.2) is 267 Å². The highest BCUT2D eigenvalue weighted by Crippen LogP contribution is 2.54. The summed E-state index contributed by atoms with van der Waals surface area (Å²) in [5.74, 6) is 2.95. The number of rotatable bonds is 20. The normalized spacial score (nSPS) is 11.2. The molecule has 1 aliphatic rings. The molecule has 0 saturated carbocycles. The number of ether oxygens (including phenoxy) is 4. The van der Waals surface area contributed by atoms with Crippen molar-refractivity contribution in [2.75, 3.05) is 48.0 Å². The number of aliphatic hydroxyl groups excluding tert-OH is 4. The van der Waals surface area contributed by atoms with E-state index in [2.05, 4.69) is 141 Å². The molecule has 12 aromatic rings. The fraction of sp³-hybridized carbons (Fsp3) is 0.100. The number of aliphatic hydroxyl groups is 4. The van der Waals surface area contributed by atoms with Gasteiger partial charge in [-0.25, -0.2) is 0 Å². The minimum Gasteiger partial charge on any atom is -0.497 e. The number of anilines is 12. The van der Waals surface area contributed by atoms with E-state index in [0.29, 0.717) is 0 Å². The Bertz CT molecular complexity index is 3750. The van der Waals surface area contributed by atoms with Gasteiger partial charge >= 0.3 is 0 Å². The summed E-state index contributed by atoms with van der Waals surface area (Å²) in [4.78, 5) is 8.93. The van der Waals surface area contributed by atoms with Gasteiger partial charge in [-0.3, -0.25) is 0 Å². The molecule has 0 radical (unpaired) electrons. The van der Waals surface area contributed by atoms with Crippen molar-refractivity contribution >= 4 is 68.2 Å². The third-order valence-corrected chi connectivity index (χ3v) is 17.0. The Morgan fingerprint density at radius 2 is 0.348 bits per heavy atom. The zero-order chi connectivity index (χ0) is 63.2. The molecule has 0 amide bonds. The number of nitrogens with zero attached hydrogens (tertiary/aromatic N) is 4. The van der Waals surface area contributed by atoms with Gasteiger partial charge in [-0.2, -0.15) is 0 Å². The summed E-state index contributed by atoms with van der Waals surface area (Å²) in [6.45, 7) is -0.377. The summed E-state index contributed by atoms with van der Waals surface area (Å²) in [6, 6.07) is 91.1. The molecule has 12 nitrogen and oxygen atoms in total. The topological polar surface area (TPSA) is 131 Å². The highest BCUT2D eigenvalue weighted by atomic mass is 16.5. The predicted molar refractivity (Wildman–Crippen MR) is 370 cm³/mol. The van der Waals surface area contributed by atoms with E-state index >= 15 is 0 Å². The molecule has 0 aliphatic heterocycles. The van der Waals surface area contributed by atoms with Crippen LogP contribution in [-0.2, 0) is 26.4 Å². The summed E-state index contributed by atoms with van der Waals surface area (Å²) in [5, 5.41) is 41.0. The standard InChI is InChI=1S/C80H68N4O8/c1-89-69-33-21-61(22-34-69)83(62-23-35-70(90-2)36-24-62)67-31-43-75-73-41-29-66(82(59-17-9-55(51-87)10-18-59)60-19-11-56(52-88)12-20-60)46-78(73)80-48-68(84(63-25-37-71(91-3)38-26-63)64-27-39-72(92-4)40-28-64)32-44-76(80)74-42-30-65(45-77(74)79(75)47-67)81(57-13-5-53(49-85)6-14-57)58-15-7-54(50-86)8-16-58/h5-48,85-88H,49-52H2,1-4H3. The van der Waals surface area contributed by atoms with Gasteiger partial charge < -0.3 is 59.0 Å². The van der Waals surface area contributed by atoms with Crippen molar-refractivity contribution in [3.8, 4) is 67.5 Å². The molecular formula is C80H68N4O8. The summed E-state index contributed by atoms with van der Waals surface area (Å²) < 4.78 is 22.8. The van der Waals surface area contributed by atoms with Crippen LogP contribution < -0.4 is 38.5 Å². The van der Waals surface area contributed by atoms with Gasteiger partial charge in [-0.05, 0) is 261 Å². The molecule has 0 bridgehead atoms. The largest absolute Gasteiger partial charge is 0.497 e. The third-order valence-electron chi connectivity index (χ3n) is 17.0. The molecule has 92 heavy (non-hydrogen) atoms. The van der Waals surface area contributed by atoms with E-state index < -0.39 is 0 Å². The van der Waals surface area contributed by atoms with Crippen LogP contribution in [0.5, 0.6) is 23.0 Å². The number of benzene rings is 12. The Morgan fingerprint density at radius 1 is 0.196 bits per heavy atom. The van der Waals surface area contributed by atoms with Crippen molar-refractivity contribution in [3.05, 3.63) is 289 Å². The first-order valence-electron chi connectivity index (χ1n) is 30.3. The van der Waals surface area contributed by atoms with Crippen LogP contribution in [0.3, 0.4) is 0 Å². The van der Waals surface area contributed by atoms with Crippen LogP contribution in [0.2, 0.25) is 0 Å². The van der Waals surface area contributed by atoms with E-state index in [1.165, 1.54) is 0 Å². The van der Waals surface area contributed by atoms with Gasteiger partial charge in [0.25, 0.3) is 0 Å². The third kappa shape index (κ3) is 11.9. The Balaban J connectivity index is 1.12. The molecule has 0 atom stereocenters. The zero-order valence-electron chi connectivity index (χ0n) is 51.4. The molecule has 0 spiro atoms. The first kappa shape index (κ1) is 59.8. The van der Waals surface area contributed by atoms with Crippen molar-refractivity contribution in [2.24, 2.45) is 0 Å². The number of hydrogen-bond acceptors (Lipinski definition) is 12. The van der Waals surface area contributed by atoms with Gasteiger partial charge in [-0.15, -0.1) is 0 Å². The maximum absolute atomic E-state index is 10.2. The van der Waals surface area contributed by atoms with Crippen molar-refractivity contribution in [3.63, 3.8) is 0 Å². The molecule has 0 aromatic heterocycles. The minimum absolute atomic E-state index is 0.0942. The van der Waals surface area contributed by atoms with E-state index in [4.69, 9.17) is 18.9 Å². The van der Waals surface area contributed by atoms with E-state index in [1.807, 2.05) is 146 Å². The smallest absolute Gasteiger partial charge is 0.119 e. The quantitative estimate of drug-likeness (QED) is 0.0579. The Kier molecular flexibility index (Phi) is 17.2.